The first-order valence-electron chi connectivity index (χ1n) is 6.09. The number of nitro groups is 1. The molecule has 21 heavy (non-hydrogen) atoms. The molecule has 2 atom stereocenters. The molecule has 9 nitrogen and oxygen atoms in total. The monoisotopic (exact) mass is 289 g/mol. The van der Waals surface area contributed by atoms with Gasteiger partial charge >= 0.3 is 5.69 Å². The Bertz CT molecular complexity index is 641. The van der Waals surface area contributed by atoms with Crippen LogP contribution in [0.1, 0.15) is 12.1 Å². The standard InChI is InChI=1S/C12H15N7O2/c13-8(6-10(14)15)12(4-1-5-17-12)9-3-2-7(19(20)21)11(16)18-9/h1-5,8H,6,13H2,(H3,14,15)(H2,16,18). The number of nitrogens with one attached hydrogen (secondary N) is 1. The van der Waals surface area contributed by atoms with Crippen LogP contribution in [0.2, 0.25) is 0 Å². The fraction of sp³-hybridized carbons (Fsp3) is 0.250. The van der Waals surface area contributed by atoms with Crippen molar-refractivity contribution in [2.45, 2.75) is 18.0 Å². The number of pyridine rings is 1. The molecule has 0 aromatic carbocycles. The largest absolute Gasteiger partial charge is 0.388 e. The van der Waals surface area contributed by atoms with E-state index in [4.69, 9.17) is 22.6 Å². The predicted molar refractivity (Wildman–Crippen MR) is 79.1 cm³/mol. The molecule has 1 aromatic rings. The van der Waals surface area contributed by atoms with E-state index in [2.05, 4.69) is 9.98 Å². The number of nitrogens with zero attached hydrogens (tertiary/aromatic N) is 3. The van der Waals surface area contributed by atoms with Crippen molar-refractivity contribution < 1.29 is 4.92 Å². The average molecular weight is 289 g/mol. The van der Waals surface area contributed by atoms with Crippen molar-refractivity contribution in [1.29, 1.82) is 5.41 Å². The first-order chi connectivity index (χ1) is 9.86. The number of allylic oxidation sites excluding steroid dienone is 1. The first kappa shape index (κ1) is 14.6. The maximum absolute atomic E-state index is 10.8. The molecule has 7 N–H and O–H groups in total. The second-order valence-corrected chi connectivity index (χ2v) is 4.66. The quantitative estimate of drug-likeness (QED) is 0.258. The second-order valence-electron chi connectivity index (χ2n) is 4.66. The maximum atomic E-state index is 10.8. The fourth-order valence-corrected chi connectivity index (χ4v) is 2.20. The van der Waals surface area contributed by atoms with E-state index in [1.54, 1.807) is 18.4 Å². The summed E-state index contributed by atoms with van der Waals surface area (Å²) < 4.78 is 0. The summed E-state index contributed by atoms with van der Waals surface area (Å²) in [4.78, 5) is 18.5. The number of aliphatic imine (C=N–C) groups is 1. The van der Waals surface area contributed by atoms with Gasteiger partial charge in [0.15, 0.2) is 0 Å². The molecule has 9 heteroatoms. The van der Waals surface area contributed by atoms with Gasteiger partial charge in [-0.15, -0.1) is 0 Å². The number of rotatable bonds is 5. The van der Waals surface area contributed by atoms with Crippen LogP contribution in [-0.4, -0.2) is 28.0 Å². The van der Waals surface area contributed by atoms with E-state index in [1.807, 2.05) is 0 Å². The Morgan fingerprint density at radius 1 is 1.52 bits per heavy atom. The van der Waals surface area contributed by atoms with Crippen LogP contribution >= 0.6 is 0 Å². The second kappa shape index (κ2) is 5.29. The van der Waals surface area contributed by atoms with Gasteiger partial charge in [-0.1, -0.05) is 0 Å². The van der Waals surface area contributed by atoms with Gasteiger partial charge in [0.05, 0.1) is 16.5 Å². The average Bonchev–Trinajstić information content (AvgIpc) is 2.87. The molecule has 0 radical (unpaired) electrons. The molecule has 1 aromatic heterocycles. The summed E-state index contributed by atoms with van der Waals surface area (Å²) in [7, 11) is 0. The van der Waals surface area contributed by atoms with Gasteiger partial charge in [-0.05, 0) is 18.2 Å². The van der Waals surface area contributed by atoms with Gasteiger partial charge in [0.25, 0.3) is 0 Å². The Labute approximate surface area is 120 Å². The fourth-order valence-electron chi connectivity index (χ4n) is 2.20. The third-order valence-corrected chi connectivity index (χ3v) is 3.24. The Balaban J connectivity index is 2.47. The zero-order valence-corrected chi connectivity index (χ0v) is 11.1. The van der Waals surface area contributed by atoms with Crippen LogP contribution in [0.3, 0.4) is 0 Å². The number of hydrogen-bond donors (Lipinski definition) is 4. The zero-order chi connectivity index (χ0) is 15.6. The van der Waals surface area contributed by atoms with E-state index in [1.165, 1.54) is 12.1 Å². The van der Waals surface area contributed by atoms with Crippen LogP contribution in [0.25, 0.3) is 0 Å². The lowest BCUT2D eigenvalue weighted by Crippen LogP contribution is -2.45. The highest BCUT2D eigenvalue weighted by molar-refractivity contribution is 5.79. The van der Waals surface area contributed by atoms with Gasteiger partial charge in [-0.25, -0.2) is 4.98 Å². The smallest absolute Gasteiger partial charge is 0.311 e. The molecule has 0 amide bonds. The van der Waals surface area contributed by atoms with Crippen molar-refractivity contribution >= 4 is 23.6 Å². The highest BCUT2D eigenvalue weighted by Crippen LogP contribution is 2.35. The van der Waals surface area contributed by atoms with Crippen molar-refractivity contribution in [3.8, 4) is 0 Å². The van der Waals surface area contributed by atoms with Crippen LogP contribution in [0.5, 0.6) is 0 Å². The van der Waals surface area contributed by atoms with E-state index >= 15 is 0 Å². The topological polar surface area (TPSA) is 170 Å². The lowest BCUT2D eigenvalue weighted by Gasteiger charge is -2.30. The number of nitrogen functional groups attached to an aromatic ring is 1. The maximum Gasteiger partial charge on any atom is 0.311 e. The van der Waals surface area contributed by atoms with Gasteiger partial charge in [-0.3, -0.25) is 20.5 Å². The lowest BCUT2D eigenvalue weighted by molar-refractivity contribution is -0.384. The van der Waals surface area contributed by atoms with Gasteiger partial charge in [0.1, 0.15) is 5.54 Å². The van der Waals surface area contributed by atoms with Crippen molar-refractivity contribution in [2.24, 2.45) is 16.5 Å². The molecule has 0 bridgehead atoms. The van der Waals surface area contributed by atoms with Gasteiger partial charge in [0, 0.05) is 24.7 Å². The summed E-state index contributed by atoms with van der Waals surface area (Å²) >= 11 is 0. The van der Waals surface area contributed by atoms with Gasteiger partial charge < -0.3 is 17.2 Å². The molecule has 0 spiro atoms. The summed E-state index contributed by atoms with van der Waals surface area (Å²) in [5, 5.41) is 18.1. The van der Waals surface area contributed by atoms with Gasteiger partial charge in [0.2, 0.25) is 5.82 Å². The number of aromatic nitrogens is 1. The molecule has 0 saturated heterocycles. The third-order valence-electron chi connectivity index (χ3n) is 3.24. The normalized spacial score (nSPS) is 21.4. The molecule has 0 aliphatic carbocycles. The Morgan fingerprint density at radius 2 is 2.24 bits per heavy atom. The SMILES string of the molecule is N=C(N)CC(N)C1(c2ccc([N+](=O)[O-])c(N)n2)C=CC=N1. The molecule has 1 aliphatic heterocycles. The number of anilines is 1. The van der Waals surface area contributed by atoms with Crippen LogP contribution in [0.15, 0.2) is 29.3 Å². The molecule has 2 unspecified atom stereocenters. The van der Waals surface area contributed by atoms with Crippen molar-refractivity contribution in [3.05, 3.63) is 40.1 Å². The van der Waals surface area contributed by atoms with Crippen molar-refractivity contribution in [3.63, 3.8) is 0 Å². The highest BCUT2D eigenvalue weighted by Gasteiger charge is 2.39. The van der Waals surface area contributed by atoms with Gasteiger partial charge in [-0.2, -0.15) is 0 Å². The van der Waals surface area contributed by atoms with E-state index < -0.39 is 16.5 Å². The summed E-state index contributed by atoms with van der Waals surface area (Å²) in [6, 6.07) is 2.10. The van der Waals surface area contributed by atoms with Crippen molar-refractivity contribution in [1.82, 2.24) is 4.98 Å². The predicted octanol–water partition coefficient (Wildman–Crippen LogP) is 0.0613. The summed E-state index contributed by atoms with van der Waals surface area (Å²) in [6.45, 7) is 0. The van der Waals surface area contributed by atoms with E-state index in [-0.39, 0.29) is 23.8 Å². The van der Waals surface area contributed by atoms with Crippen LogP contribution in [0, 0.1) is 15.5 Å². The van der Waals surface area contributed by atoms with E-state index in [0.717, 1.165) is 0 Å². The number of hydrogen-bond acceptors (Lipinski definition) is 7. The molecule has 1 aliphatic rings. The molecule has 2 rings (SSSR count). The third kappa shape index (κ3) is 2.58. The number of amidine groups is 1. The van der Waals surface area contributed by atoms with E-state index in [0.29, 0.717) is 5.69 Å². The van der Waals surface area contributed by atoms with Crippen molar-refractivity contribution in [2.75, 3.05) is 5.73 Å². The Kier molecular flexibility index (Phi) is 3.68. The highest BCUT2D eigenvalue weighted by atomic mass is 16.6. The molecular formula is C12H15N7O2. The molecule has 0 fully saturated rings. The minimum atomic E-state index is -1.02. The summed E-state index contributed by atoms with van der Waals surface area (Å²) in [6.07, 6.45) is 5.08. The summed E-state index contributed by atoms with van der Waals surface area (Å²) in [5.41, 5.74) is 16.2. The summed E-state index contributed by atoms with van der Waals surface area (Å²) in [5.74, 6) is -0.283. The minimum absolute atomic E-state index is 0.0766. The molecular weight excluding hydrogens is 274 g/mol. The molecule has 0 saturated carbocycles. The first-order valence-corrected chi connectivity index (χ1v) is 6.09. The Morgan fingerprint density at radius 3 is 2.71 bits per heavy atom. The number of nitrogens with two attached hydrogens (primary N) is 3. The zero-order valence-electron chi connectivity index (χ0n) is 11.1. The van der Waals surface area contributed by atoms with E-state index in [9.17, 15) is 10.1 Å². The van der Waals surface area contributed by atoms with Crippen LogP contribution in [0.4, 0.5) is 11.5 Å². The van der Waals surface area contributed by atoms with Crippen LogP contribution < -0.4 is 17.2 Å². The minimum Gasteiger partial charge on any atom is -0.388 e. The molecule has 2 heterocycles. The molecule has 110 valence electrons. The lowest BCUT2D eigenvalue weighted by atomic mass is 9.85. The van der Waals surface area contributed by atoms with Crippen LogP contribution in [-0.2, 0) is 5.54 Å². The Hall–Kier alpha value is -2.81.